The molecule has 2 saturated heterocycles. The third-order valence-corrected chi connectivity index (χ3v) is 2.98. The molecule has 2 heterocycles. The van der Waals surface area contributed by atoms with E-state index in [4.69, 9.17) is 0 Å². The van der Waals surface area contributed by atoms with Gasteiger partial charge in [-0.3, -0.25) is 19.4 Å². The summed E-state index contributed by atoms with van der Waals surface area (Å²) in [7, 11) is 1.80. The van der Waals surface area contributed by atoms with Gasteiger partial charge in [-0.15, -0.1) is 0 Å². The maximum Gasteiger partial charge on any atom is 0.243 e. The Labute approximate surface area is 89.4 Å². The van der Waals surface area contributed by atoms with Gasteiger partial charge in [0.05, 0.1) is 19.1 Å². The zero-order valence-electron chi connectivity index (χ0n) is 9.03. The molecule has 0 spiro atoms. The maximum absolute atomic E-state index is 11.8. The van der Waals surface area contributed by atoms with Crippen molar-refractivity contribution < 1.29 is 9.59 Å². The number of carbonyl (C=O) groups is 2. The summed E-state index contributed by atoms with van der Waals surface area (Å²) in [5.41, 5.74) is 0. The first kappa shape index (κ1) is 10.6. The molecular formula is C10H17N3O2. The van der Waals surface area contributed by atoms with Gasteiger partial charge < -0.3 is 5.32 Å². The fourth-order valence-electron chi connectivity index (χ4n) is 2.27. The van der Waals surface area contributed by atoms with E-state index in [2.05, 4.69) is 5.32 Å². The van der Waals surface area contributed by atoms with Gasteiger partial charge in [0.1, 0.15) is 0 Å². The molecule has 5 nitrogen and oxygen atoms in total. The van der Waals surface area contributed by atoms with Gasteiger partial charge in [0.2, 0.25) is 11.8 Å². The van der Waals surface area contributed by atoms with Crippen molar-refractivity contribution in [2.24, 2.45) is 0 Å². The second kappa shape index (κ2) is 4.28. The standard InChI is InChI=1S/C10H17N3O2/c1-12-6-9(14)13(10(15)7-12)8-3-2-4-11-5-8/h8,11H,2-7H2,1H3. The molecule has 0 aromatic heterocycles. The second-order valence-corrected chi connectivity index (χ2v) is 4.33. The van der Waals surface area contributed by atoms with Crippen LogP contribution < -0.4 is 5.32 Å². The zero-order valence-corrected chi connectivity index (χ0v) is 9.03. The molecule has 2 aliphatic heterocycles. The lowest BCUT2D eigenvalue weighted by Gasteiger charge is -2.37. The molecule has 1 unspecified atom stereocenters. The quantitative estimate of drug-likeness (QED) is 0.568. The number of nitrogens with zero attached hydrogens (tertiary/aromatic N) is 2. The van der Waals surface area contributed by atoms with Gasteiger partial charge >= 0.3 is 0 Å². The summed E-state index contributed by atoms with van der Waals surface area (Å²) in [4.78, 5) is 26.7. The van der Waals surface area contributed by atoms with Crippen LogP contribution >= 0.6 is 0 Å². The van der Waals surface area contributed by atoms with Crippen LogP contribution in [0.2, 0.25) is 0 Å². The fourth-order valence-corrected chi connectivity index (χ4v) is 2.27. The minimum atomic E-state index is -0.0533. The van der Waals surface area contributed by atoms with Gasteiger partial charge in [0.15, 0.2) is 0 Å². The van der Waals surface area contributed by atoms with E-state index in [0.717, 1.165) is 25.9 Å². The summed E-state index contributed by atoms with van der Waals surface area (Å²) in [6.07, 6.45) is 1.98. The highest BCUT2D eigenvalue weighted by atomic mass is 16.2. The monoisotopic (exact) mass is 211 g/mol. The lowest BCUT2D eigenvalue weighted by Crippen LogP contribution is -2.59. The van der Waals surface area contributed by atoms with E-state index < -0.39 is 0 Å². The van der Waals surface area contributed by atoms with E-state index in [1.165, 1.54) is 4.90 Å². The van der Waals surface area contributed by atoms with Crippen LogP contribution in [0.1, 0.15) is 12.8 Å². The molecule has 2 rings (SSSR count). The molecule has 2 amide bonds. The fraction of sp³-hybridized carbons (Fsp3) is 0.800. The van der Waals surface area contributed by atoms with E-state index in [1.807, 2.05) is 0 Å². The van der Waals surface area contributed by atoms with Gasteiger partial charge in [0.25, 0.3) is 0 Å². The molecule has 0 saturated carbocycles. The average Bonchev–Trinajstić information content (AvgIpc) is 2.17. The second-order valence-electron chi connectivity index (χ2n) is 4.33. The molecule has 1 atom stereocenters. The largest absolute Gasteiger partial charge is 0.315 e. The predicted molar refractivity (Wildman–Crippen MR) is 55.2 cm³/mol. The van der Waals surface area contributed by atoms with Crippen molar-refractivity contribution in [2.75, 3.05) is 33.2 Å². The van der Waals surface area contributed by atoms with E-state index >= 15 is 0 Å². The summed E-state index contributed by atoms with van der Waals surface area (Å²) in [5.74, 6) is -0.107. The number of amides is 2. The molecular weight excluding hydrogens is 194 g/mol. The number of hydrogen-bond acceptors (Lipinski definition) is 4. The van der Waals surface area contributed by atoms with Crippen LogP contribution in [0.25, 0.3) is 0 Å². The van der Waals surface area contributed by atoms with Crippen molar-refractivity contribution in [2.45, 2.75) is 18.9 Å². The van der Waals surface area contributed by atoms with E-state index in [-0.39, 0.29) is 17.9 Å². The number of piperazine rings is 1. The van der Waals surface area contributed by atoms with Crippen LogP contribution in [0.4, 0.5) is 0 Å². The van der Waals surface area contributed by atoms with Gasteiger partial charge in [-0.1, -0.05) is 0 Å². The smallest absolute Gasteiger partial charge is 0.243 e. The predicted octanol–water partition coefficient (Wildman–Crippen LogP) is -0.961. The lowest BCUT2D eigenvalue weighted by atomic mass is 10.0. The first-order valence-electron chi connectivity index (χ1n) is 5.42. The topological polar surface area (TPSA) is 52.7 Å². The average molecular weight is 211 g/mol. The van der Waals surface area contributed by atoms with Crippen LogP contribution in [0.15, 0.2) is 0 Å². The van der Waals surface area contributed by atoms with Crippen LogP contribution in [0.5, 0.6) is 0 Å². The van der Waals surface area contributed by atoms with Gasteiger partial charge in [-0.25, -0.2) is 0 Å². The Morgan fingerprint density at radius 3 is 2.47 bits per heavy atom. The summed E-state index contributed by atoms with van der Waals surface area (Å²) < 4.78 is 0. The summed E-state index contributed by atoms with van der Waals surface area (Å²) in [5, 5.41) is 3.22. The number of piperidine rings is 1. The summed E-state index contributed by atoms with van der Waals surface area (Å²) >= 11 is 0. The molecule has 84 valence electrons. The molecule has 15 heavy (non-hydrogen) atoms. The molecule has 0 aliphatic carbocycles. The summed E-state index contributed by atoms with van der Waals surface area (Å²) in [6, 6.07) is 0.0763. The first-order chi connectivity index (χ1) is 7.18. The number of imide groups is 1. The molecule has 0 radical (unpaired) electrons. The van der Waals surface area contributed by atoms with Crippen molar-refractivity contribution in [3.8, 4) is 0 Å². The number of nitrogens with one attached hydrogen (secondary N) is 1. The number of hydrogen-bond donors (Lipinski definition) is 1. The highest BCUT2D eigenvalue weighted by Gasteiger charge is 2.34. The lowest BCUT2D eigenvalue weighted by molar-refractivity contribution is -0.153. The Hall–Kier alpha value is -0.940. The van der Waals surface area contributed by atoms with Crippen LogP contribution in [-0.2, 0) is 9.59 Å². The Morgan fingerprint density at radius 1 is 1.27 bits per heavy atom. The van der Waals surface area contributed by atoms with Crippen molar-refractivity contribution in [3.05, 3.63) is 0 Å². The van der Waals surface area contributed by atoms with Crippen LogP contribution in [-0.4, -0.2) is 60.9 Å². The minimum Gasteiger partial charge on any atom is -0.315 e. The minimum absolute atomic E-state index is 0.0533. The first-order valence-corrected chi connectivity index (χ1v) is 5.42. The molecule has 5 heteroatoms. The van der Waals surface area contributed by atoms with E-state index in [0.29, 0.717) is 13.1 Å². The summed E-state index contributed by atoms with van der Waals surface area (Å²) in [6.45, 7) is 2.47. The highest BCUT2D eigenvalue weighted by molar-refractivity contribution is 5.99. The Balaban J connectivity index is 2.05. The molecule has 0 bridgehead atoms. The molecule has 0 aromatic rings. The highest BCUT2D eigenvalue weighted by Crippen LogP contribution is 2.14. The molecule has 2 aliphatic rings. The van der Waals surface area contributed by atoms with Crippen molar-refractivity contribution in [1.29, 1.82) is 0 Å². The van der Waals surface area contributed by atoms with Crippen LogP contribution in [0.3, 0.4) is 0 Å². The van der Waals surface area contributed by atoms with Gasteiger partial charge in [-0.2, -0.15) is 0 Å². The Morgan fingerprint density at radius 2 is 1.93 bits per heavy atom. The number of rotatable bonds is 1. The number of likely N-dealkylation sites (N-methyl/N-ethyl adjacent to an activating group) is 1. The number of carbonyl (C=O) groups excluding carboxylic acids is 2. The van der Waals surface area contributed by atoms with Gasteiger partial charge in [0, 0.05) is 6.54 Å². The SMILES string of the molecule is CN1CC(=O)N(C2CCCNC2)C(=O)C1. The normalized spacial score (nSPS) is 29.7. The van der Waals surface area contributed by atoms with Gasteiger partial charge in [-0.05, 0) is 26.4 Å². The third kappa shape index (κ3) is 2.18. The van der Waals surface area contributed by atoms with Crippen molar-refractivity contribution in [1.82, 2.24) is 15.1 Å². The Bertz CT molecular complexity index is 256. The van der Waals surface area contributed by atoms with Crippen molar-refractivity contribution >= 4 is 11.8 Å². The maximum atomic E-state index is 11.8. The molecule has 1 N–H and O–H groups in total. The molecule has 0 aromatic carbocycles. The van der Waals surface area contributed by atoms with Crippen molar-refractivity contribution in [3.63, 3.8) is 0 Å². The third-order valence-electron chi connectivity index (χ3n) is 2.98. The van der Waals surface area contributed by atoms with E-state index in [9.17, 15) is 9.59 Å². The van der Waals surface area contributed by atoms with E-state index in [1.54, 1.807) is 11.9 Å². The van der Waals surface area contributed by atoms with Crippen LogP contribution in [0, 0.1) is 0 Å². The molecule has 2 fully saturated rings. The Kier molecular flexibility index (Phi) is 3.02. The zero-order chi connectivity index (χ0) is 10.8.